The van der Waals surface area contributed by atoms with Crippen LogP contribution in [0.5, 0.6) is 0 Å². The second-order valence-electron chi connectivity index (χ2n) is 7.39. The highest BCUT2D eigenvalue weighted by atomic mass is 35.5. The third kappa shape index (κ3) is 4.47. The van der Waals surface area contributed by atoms with Gasteiger partial charge in [-0.15, -0.1) is 0 Å². The van der Waals surface area contributed by atoms with Crippen molar-refractivity contribution in [3.05, 3.63) is 70.7 Å². The fourth-order valence-electron chi connectivity index (χ4n) is 3.59. The summed E-state index contributed by atoms with van der Waals surface area (Å²) >= 11 is 6.44. The van der Waals surface area contributed by atoms with E-state index >= 15 is 0 Å². The van der Waals surface area contributed by atoms with E-state index in [2.05, 4.69) is 63.1 Å². The van der Waals surface area contributed by atoms with E-state index in [-0.39, 0.29) is 5.92 Å². The first-order valence-corrected chi connectivity index (χ1v) is 9.71. The molecule has 0 aliphatic carbocycles. The summed E-state index contributed by atoms with van der Waals surface area (Å²) < 4.78 is 0. The molecule has 2 atom stereocenters. The van der Waals surface area contributed by atoms with Gasteiger partial charge in [0.15, 0.2) is 0 Å². The van der Waals surface area contributed by atoms with Crippen LogP contribution in [-0.4, -0.2) is 18.5 Å². The van der Waals surface area contributed by atoms with Gasteiger partial charge in [0.25, 0.3) is 0 Å². The van der Waals surface area contributed by atoms with Crippen LogP contribution in [0.1, 0.15) is 50.8 Å². The van der Waals surface area contributed by atoms with Crippen molar-refractivity contribution in [2.45, 2.75) is 45.1 Å². The van der Waals surface area contributed by atoms with Crippen LogP contribution in [-0.2, 0) is 5.41 Å². The molecule has 0 radical (unpaired) electrons. The summed E-state index contributed by atoms with van der Waals surface area (Å²) in [5.41, 5.74) is 1.73. The van der Waals surface area contributed by atoms with Crippen molar-refractivity contribution in [2.24, 2.45) is 5.92 Å². The van der Waals surface area contributed by atoms with Crippen molar-refractivity contribution in [2.75, 3.05) is 13.6 Å². The Kier molecular flexibility index (Phi) is 7.26. The molecule has 0 aliphatic heterocycles. The summed E-state index contributed by atoms with van der Waals surface area (Å²) in [4.78, 5) is 2.35. The summed E-state index contributed by atoms with van der Waals surface area (Å²) in [5, 5.41) is 10.7. The maximum atomic E-state index is 10.1. The number of hydrogen-bond acceptors (Lipinski definition) is 2. The molecule has 2 rings (SSSR count). The maximum Gasteiger partial charge on any atom is 0.0859 e. The normalized spacial score (nSPS) is 14.8. The summed E-state index contributed by atoms with van der Waals surface area (Å²) in [5.74, 6) is 0.198. The van der Waals surface area contributed by atoms with Crippen LogP contribution >= 0.6 is 11.6 Å². The molecule has 0 N–H and O–H groups in total. The Morgan fingerprint density at radius 1 is 1.04 bits per heavy atom. The van der Waals surface area contributed by atoms with Gasteiger partial charge < -0.3 is 0 Å². The minimum Gasteiger partial charge on any atom is -0.300 e. The van der Waals surface area contributed by atoms with Gasteiger partial charge in [-0.3, -0.25) is 4.90 Å². The van der Waals surface area contributed by atoms with Crippen LogP contribution in [0.3, 0.4) is 0 Å². The van der Waals surface area contributed by atoms with Crippen LogP contribution in [0.25, 0.3) is 0 Å². The van der Waals surface area contributed by atoms with Crippen molar-refractivity contribution in [3.63, 3.8) is 0 Å². The molecule has 0 aromatic heterocycles. The summed E-state index contributed by atoms with van der Waals surface area (Å²) in [6, 6.07) is 21.3. The molecule has 2 aromatic carbocycles. The Morgan fingerprint density at radius 2 is 1.65 bits per heavy atom. The second-order valence-corrected chi connectivity index (χ2v) is 7.80. The average Bonchev–Trinajstić information content (AvgIpc) is 2.66. The van der Waals surface area contributed by atoms with Gasteiger partial charge in [0, 0.05) is 11.1 Å². The number of hydrogen-bond donors (Lipinski definition) is 0. The molecular formula is C23H29ClN2. The van der Waals surface area contributed by atoms with Crippen molar-refractivity contribution >= 4 is 11.6 Å². The monoisotopic (exact) mass is 368 g/mol. The molecule has 0 aliphatic rings. The van der Waals surface area contributed by atoms with E-state index in [1.165, 1.54) is 5.56 Å². The molecule has 0 amide bonds. The number of halogens is 1. The SMILES string of the molecule is CC(c1ccccc1)N(C)CCCC(C#N)(c1ccccc1Cl)C(C)C. The van der Waals surface area contributed by atoms with Gasteiger partial charge in [0.2, 0.25) is 0 Å². The molecule has 0 heterocycles. The Morgan fingerprint density at radius 3 is 2.23 bits per heavy atom. The second kappa shape index (κ2) is 9.21. The van der Waals surface area contributed by atoms with Crippen LogP contribution in [0.2, 0.25) is 5.02 Å². The maximum absolute atomic E-state index is 10.1. The first-order valence-electron chi connectivity index (χ1n) is 9.34. The smallest absolute Gasteiger partial charge is 0.0859 e. The van der Waals surface area contributed by atoms with Gasteiger partial charge in [-0.1, -0.05) is 74.0 Å². The van der Waals surface area contributed by atoms with E-state index in [1.54, 1.807) is 0 Å². The largest absolute Gasteiger partial charge is 0.300 e. The van der Waals surface area contributed by atoms with Crippen molar-refractivity contribution < 1.29 is 0 Å². The van der Waals surface area contributed by atoms with E-state index in [4.69, 9.17) is 11.6 Å². The van der Waals surface area contributed by atoms with Gasteiger partial charge in [0.05, 0.1) is 11.5 Å². The summed E-state index contributed by atoms with van der Waals surface area (Å²) in [6.07, 6.45) is 1.75. The molecule has 2 aromatic rings. The standard InChI is InChI=1S/C23H29ClN2/c1-18(2)23(17-25,21-13-8-9-14-22(21)24)15-10-16-26(4)19(3)20-11-6-5-7-12-20/h5-9,11-14,18-19H,10,15-16H2,1-4H3. The Labute approximate surface area is 163 Å². The van der Waals surface area contributed by atoms with E-state index < -0.39 is 5.41 Å². The molecule has 0 fully saturated rings. The van der Waals surface area contributed by atoms with Gasteiger partial charge >= 0.3 is 0 Å². The van der Waals surface area contributed by atoms with Gasteiger partial charge in [-0.05, 0) is 56.5 Å². The van der Waals surface area contributed by atoms with Crippen LogP contribution in [0, 0.1) is 17.2 Å². The molecule has 26 heavy (non-hydrogen) atoms. The predicted molar refractivity (Wildman–Crippen MR) is 110 cm³/mol. The minimum atomic E-state index is -0.546. The lowest BCUT2D eigenvalue weighted by Gasteiger charge is -2.33. The minimum absolute atomic E-state index is 0.198. The lowest BCUT2D eigenvalue weighted by molar-refractivity contribution is 0.241. The molecule has 138 valence electrons. The first kappa shape index (κ1) is 20.5. The molecule has 3 heteroatoms. The zero-order chi connectivity index (χ0) is 19.2. The molecule has 0 saturated heterocycles. The number of nitriles is 1. The first-order chi connectivity index (χ1) is 12.4. The Balaban J connectivity index is 2.09. The fourth-order valence-corrected chi connectivity index (χ4v) is 3.89. The van der Waals surface area contributed by atoms with Crippen molar-refractivity contribution in [1.82, 2.24) is 4.90 Å². The highest BCUT2D eigenvalue weighted by molar-refractivity contribution is 6.31. The van der Waals surface area contributed by atoms with E-state index in [1.807, 2.05) is 30.3 Å². The zero-order valence-electron chi connectivity index (χ0n) is 16.2. The van der Waals surface area contributed by atoms with E-state index in [0.29, 0.717) is 11.1 Å². The molecule has 0 saturated carbocycles. The lowest BCUT2D eigenvalue weighted by Crippen LogP contribution is -2.33. The Hall–Kier alpha value is -1.82. The summed E-state index contributed by atoms with van der Waals surface area (Å²) in [7, 11) is 2.15. The molecule has 0 spiro atoms. The third-order valence-electron chi connectivity index (χ3n) is 5.56. The van der Waals surface area contributed by atoms with Gasteiger partial charge in [-0.25, -0.2) is 0 Å². The molecule has 2 nitrogen and oxygen atoms in total. The van der Waals surface area contributed by atoms with Crippen LogP contribution in [0.4, 0.5) is 0 Å². The third-order valence-corrected chi connectivity index (χ3v) is 5.89. The topological polar surface area (TPSA) is 27.0 Å². The molecular weight excluding hydrogens is 340 g/mol. The van der Waals surface area contributed by atoms with Crippen molar-refractivity contribution in [1.29, 1.82) is 5.26 Å². The fraction of sp³-hybridized carbons (Fsp3) is 0.435. The average molecular weight is 369 g/mol. The van der Waals surface area contributed by atoms with E-state index in [9.17, 15) is 5.26 Å². The summed E-state index contributed by atoms with van der Waals surface area (Å²) in [6.45, 7) is 7.39. The highest BCUT2D eigenvalue weighted by Crippen LogP contribution is 2.40. The number of benzene rings is 2. The van der Waals surface area contributed by atoms with Gasteiger partial charge in [-0.2, -0.15) is 5.26 Å². The zero-order valence-corrected chi connectivity index (χ0v) is 17.0. The number of rotatable bonds is 8. The predicted octanol–water partition coefficient (Wildman–Crippen LogP) is 6.23. The van der Waals surface area contributed by atoms with E-state index in [0.717, 1.165) is 24.9 Å². The molecule has 0 bridgehead atoms. The quantitative estimate of drug-likeness (QED) is 0.552. The van der Waals surface area contributed by atoms with Crippen molar-refractivity contribution in [3.8, 4) is 6.07 Å². The molecule has 2 unspecified atom stereocenters. The lowest BCUT2D eigenvalue weighted by atomic mass is 9.70. The Bertz CT molecular complexity index is 735. The number of nitrogens with zero attached hydrogens (tertiary/aromatic N) is 2. The van der Waals surface area contributed by atoms with Crippen LogP contribution in [0.15, 0.2) is 54.6 Å². The van der Waals surface area contributed by atoms with Crippen LogP contribution < -0.4 is 0 Å². The highest BCUT2D eigenvalue weighted by Gasteiger charge is 2.37. The van der Waals surface area contributed by atoms with Gasteiger partial charge in [0.1, 0.15) is 0 Å².